The highest BCUT2D eigenvalue weighted by molar-refractivity contribution is 5.41. The van der Waals surface area contributed by atoms with Crippen LogP contribution < -0.4 is 5.73 Å². The summed E-state index contributed by atoms with van der Waals surface area (Å²) in [5, 5.41) is 18.5. The van der Waals surface area contributed by atoms with E-state index < -0.39 is 6.04 Å². The third-order valence-corrected chi connectivity index (χ3v) is 2.04. The lowest BCUT2D eigenvalue weighted by atomic mass is 10.0. The molecule has 4 N–H and O–H groups in total. The Kier molecular flexibility index (Phi) is 3.88. The minimum absolute atomic E-state index is 0.0982. The van der Waals surface area contributed by atoms with Gasteiger partial charge in [-0.25, -0.2) is 0 Å². The van der Waals surface area contributed by atoms with Crippen LogP contribution in [0, 0.1) is 0 Å². The van der Waals surface area contributed by atoms with Crippen molar-refractivity contribution in [1.29, 1.82) is 0 Å². The van der Waals surface area contributed by atoms with Crippen LogP contribution in [0.4, 0.5) is 0 Å². The Balaban J connectivity index is 3.08. The lowest BCUT2D eigenvalue weighted by molar-refractivity contribution is 0.182. The molecule has 1 rings (SSSR count). The number of methoxy groups -OCH3 is 1. The van der Waals surface area contributed by atoms with Crippen LogP contribution in [0.25, 0.3) is 0 Å². The van der Waals surface area contributed by atoms with Gasteiger partial charge in [0.05, 0.1) is 19.3 Å². The highest BCUT2D eigenvalue weighted by atomic mass is 16.5. The van der Waals surface area contributed by atoms with Crippen molar-refractivity contribution < 1.29 is 14.9 Å². The first-order valence-corrected chi connectivity index (χ1v) is 4.36. The molecule has 0 fully saturated rings. The first-order valence-electron chi connectivity index (χ1n) is 4.36. The summed E-state index contributed by atoms with van der Waals surface area (Å²) in [5.74, 6) is 0.0982. The molecule has 0 heterocycles. The molecule has 0 spiro atoms. The van der Waals surface area contributed by atoms with E-state index in [1.807, 2.05) is 6.07 Å². The molecule has 14 heavy (non-hydrogen) atoms. The number of aliphatic hydroxyl groups is 1. The molecule has 4 heteroatoms. The van der Waals surface area contributed by atoms with Crippen molar-refractivity contribution in [2.45, 2.75) is 12.6 Å². The molecule has 78 valence electrons. The van der Waals surface area contributed by atoms with Gasteiger partial charge in [0.25, 0.3) is 0 Å². The second kappa shape index (κ2) is 4.95. The van der Waals surface area contributed by atoms with Crippen LogP contribution in [-0.4, -0.2) is 23.9 Å². The van der Waals surface area contributed by atoms with E-state index in [0.29, 0.717) is 12.2 Å². The molecule has 1 atom stereocenters. The Labute approximate surface area is 82.9 Å². The van der Waals surface area contributed by atoms with Crippen LogP contribution in [0.5, 0.6) is 5.75 Å². The van der Waals surface area contributed by atoms with Crippen molar-refractivity contribution in [2.75, 3.05) is 13.7 Å². The second-order valence-corrected chi connectivity index (χ2v) is 3.07. The smallest absolute Gasteiger partial charge is 0.120 e. The van der Waals surface area contributed by atoms with Crippen molar-refractivity contribution in [1.82, 2.24) is 0 Å². The molecule has 0 aliphatic carbocycles. The average Bonchev–Trinajstić information content (AvgIpc) is 2.18. The van der Waals surface area contributed by atoms with Crippen LogP contribution in [-0.2, 0) is 11.3 Å². The van der Waals surface area contributed by atoms with Gasteiger partial charge in [0.1, 0.15) is 5.75 Å². The van der Waals surface area contributed by atoms with Gasteiger partial charge in [-0.15, -0.1) is 0 Å². The first-order chi connectivity index (χ1) is 6.70. The van der Waals surface area contributed by atoms with Gasteiger partial charge in [-0.3, -0.25) is 0 Å². The SMILES string of the molecule is COCc1cccc(O)c1C(N)CO. The minimum atomic E-state index is -0.568. The largest absolute Gasteiger partial charge is 0.508 e. The Morgan fingerprint density at radius 2 is 2.21 bits per heavy atom. The number of nitrogens with two attached hydrogens (primary N) is 1. The van der Waals surface area contributed by atoms with Gasteiger partial charge in [-0.05, 0) is 11.6 Å². The van der Waals surface area contributed by atoms with Gasteiger partial charge < -0.3 is 20.7 Å². The predicted octanol–water partition coefficient (Wildman–Crippen LogP) is 0.531. The molecule has 0 bridgehead atoms. The number of ether oxygens (including phenoxy) is 1. The van der Waals surface area contributed by atoms with Crippen molar-refractivity contribution in [3.05, 3.63) is 29.3 Å². The number of aliphatic hydroxyl groups excluding tert-OH is 1. The number of rotatable bonds is 4. The van der Waals surface area contributed by atoms with Gasteiger partial charge in [0.2, 0.25) is 0 Å². The second-order valence-electron chi connectivity index (χ2n) is 3.07. The fourth-order valence-electron chi connectivity index (χ4n) is 1.40. The van der Waals surface area contributed by atoms with E-state index >= 15 is 0 Å². The monoisotopic (exact) mass is 197 g/mol. The Bertz CT molecular complexity index is 301. The third kappa shape index (κ3) is 2.23. The number of phenolic OH excluding ortho intramolecular Hbond substituents is 1. The van der Waals surface area contributed by atoms with Crippen LogP contribution >= 0.6 is 0 Å². The molecule has 0 radical (unpaired) electrons. The summed E-state index contributed by atoms with van der Waals surface area (Å²) in [5.41, 5.74) is 7.01. The van der Waals surface area contributed by atoms with E-state index in [9.17, 15) is 5.11 Å². The van der Waals surface area contributed by atoms with E-state index in [2.05, 4.69) is 0 Å². The Hall–Kier alpha value is -1.10. The van der Waals surface area contributed by atoms with E-state index in [1.54, 1.807) is 19.2 Å². The molecular formula is C10H15NO3. The van der Waals surface area contributed by atoms with E-state index in [0.717, 1.165) is 5.56 Å². The normalized spacial score (nSPS) is 12.8. The van der Waals surface area contributed by atoms with Crippen molar-refractivity contribution in [2.24, 2.45) is 5.73 Å². The topological polar surface area (TPSA) is 75.7 Å². The number of hydrogen-bond donors (Lipinski definition) is 3. The summed E-state index contributed by atoms with van der Waals surface area (Å²) in [6.07, 6.45) is 0. The Morgan fingerprint density at radius 3 is 2.79 bits per heavy atom. The highest BCUT2D eigenvalue weighted by Gasteiger charge is 2.14. The lowest BCUT2D eigenvalue weighted by Gasteiger charge is -2.15. The summed E-state index contributed by atoms with van der Waals surface area (Å²) in [6, 6.07) is 4.51. The predicted molar refractivity (Wildman–Crippen MR) is 52.8 cm³/mol. The van der Waals surface area contributed by atoms with Crippen molar-refractivity contribution >= 4 is 0 Å². The fraction of sp³-hybridized carbons (Fsp3) is 0.400. The van der Waals surface area contributed by atoms with Gasteiger partial charge >= 0.3 is 0 Å². The van der Waals surface area contributed by atoms with Gasteiger partial charge in [0, 0.05) is 12.7 Å². The quantitative estimate of drug-likeness (QED) is 0.658. The van der Waals surface area contributed by atoms with Gasteiger partial charge in [-0.1, -0.05) is 12.1 Å². The fourth-order valence-corrected chi connectivity index (χ4v) is 1.40. The standard InChI is InChI=1S/C10H15NO3/c1-14-6-7-3-2-4-9(13)10(7)8(11)5-12/h2-4,8,12-13H,5-6,11H2,1H3. The van der Waals surface area contributed by atoms with E-state index in [4.69, 9.17) is 15.6 Å². The van der Waals surface area contributed by atoms with Gasteiger partial charge in [0.15, 0.2) is 0 Å². The lowest BCUT2D eigenvalue weighted by Crippen LogP contribution is -2.17. The molecule has 1 aromatic rings. The molecule has 0 aliphatic rings. The zero-order valence-electron chi connectivity index (χ0n) is 8.10. The summed E-state index contributed by atoms with van der Waals surface area (Å²) >= 11 is 0. The maximum atomic E-state index is 9.57. The molecule has 1 aromatic carbocycles. The maximum absolute atomic E-state index is 9.57. The first kappa shape index (κ1) is 11.0. The molecule has 0 aliphatic heterocycles. The Morgan fingerprint density at radius 1 is 1.50 bits per heavy atom. The number of hydrogen-bond acceptors (Lipinski definition) is 4. The zero-order valence-corrected chi connectivity index (χ0v) is 8.10. The van der Waals surface area contributed by atoms with E-state index in [-0.39, 0.29) is 12.4 Å². The maximum Gasteiger partial charge on any atom is 0.120 e. The highest BCUT2D eigenvalue weighted by Crippen LogP contribution is 2.26. The molecule has 1 unspecified atom stereocenters. The molecule has 0 amide bonds. The summed E-state index contributed by atoms with van der Waals surface area (Å²) < 4.78 is 4.97. The average molecular weight is 197 g/mol. The van der Waals surface area contributed by atoms with Crippen molar-refractivity contribution in [3.63, 3.8) is 0 Å². The minimum Gasteiger partial charge on any atom is -0.508 e. The molecule has 0 saturated carbocycles. The summed E-state index contributed by atoms with van der Waals surface area (Å²) in [4.78, 5) is 0. The summed E-state index contributed by atoms with van der Waals surface area (Å²) in [6.45, 7) is 0.172. The van der Waals surface area contributed by atoms with Crippen LogP contribution in [0.15, 0.2) is 18.2 Å². The van der Waals surface area contributed by atoms with E-state index in [1.165, 1.54) is 0 Å². The van der Waals surface area contributed by atoms with Crippen LogP contribution in [0.1, 0.15) is 17.2 Å². The number of phenols is 1. The van der Waals surface area contributed by atoms with Crippen LogP contribution in [0.2, 0.25) is 0 Å². The molecule has 0 aromatic heterocycles. The molecular weight excluding hydrogens is 182 g/mol. The number of aromatic hydroxyl groups is 1. The van der Waals surface area contributed by atoms with Crippen molar-refractivity contribution in [3.8, 4) is 5.75 Å². The molecule has 4 nitrogen and oxygen atoms in total. The van der Waals surface area contributed by atoms with Crippen LogP contribution in [0.3, 0.4) is 0 Å². The van der Waals surface area contributed by atoms with Gasteiger partial charge in [-0.2, -0.15) is 0 Å². The third-order valence-electron chi connectivity index (χ3n) is 2.04. The zero-order chi connectivity index (χ0) is 10.6. The summed E-state index contributed by atoms with van der Waals surface area (Å²) in [7, 11) is 1.57. The number of benzene rings is 1. The molecule has 0 saturated heterocycles.